The Morgan fingerprint density at radius 2 is 2.00 bits per heavy atom. The van der Waals surface area contributed by atoms with Crippen molar-refractivity contribution in [2.75, 3.05) is 5.73 Å². The van der Waals surface area contributed by atoms with Crippen LogP contribution in [0.2, 0.25) is 0 Å². The van der Waals surface area contributed by atoms with E-state index in [9.17, 15) is 9.59 Å². The number of hydrogen-bond acceptors (Lipinski definition) is 3. The lowest BCUT2D eigenvalue weighted by Crippen LogP contribution is -2.14. The zero-order valence-corrected chi connectivity index (χ0v) is 7.07. The number of aliphatic carboxylic acids is 1. The lowest BCUT2D eigenvalue weighted by Gasteiger charge is -2.02. The number of carbonyl (C=O) groups is 2. The van der Waals surface area contributed by atoms with Gasteiger partial charge < -0.3 is 10.8 Å². The van der Waals surface area contributed by atoms with Crippen molar-refractivity contribution in [1.29, 1.82) is 0 Å². The highest BCUT2D eigenvalue weighted by Crippen LogP contribution is 2.14. The average Bonchev–Trinajstić information content (AvgIpc) is 2.08. The van der Waals surface area contributed by atoms with Crippen LogP contribution in [-0.4, -0.2) is 16.9 Å². The summed E-state index contributed by atoms with van der Waals surface area (Å²) in [7, 11) is 0. The van der Waals surface area contributed by atoms with Crippen LogP contribution in [0.3, 0.4) is 0 Å². The van der Waals surface area contributed by atoms with Crippen LogP contribution in [0.1, 0.15) is 15.9 Å². The van der Waals surface area contributed by atoms with Gasteiger partial charge in [-0.3, -0.25) is 4.79 Å². The van der Waals surface area contributed by atoms with E-state index in [1.807, 2.05) is 0 Å². The molecule has 68 valence electrons. The molecule has 0 aliphatic heterocycles. The maximum atomic E-state index is 11.0. The van der Waals surface area contributed by atoms with Crippen molar-refractivity contribution in [1.82, 2.24) is 0 Å². The van der Waals surface area contributed by atoms with Gasteiger partial charge in [0.05, 0.1) is 5.56 Å². The van der Waals surface area contributed by atoms with Crippen LogP contribution >= 0.6 is 0 Å². The highest BCUT2D eigenvalue weighted by atomic mass is 16.4. The maximum absolute atomic E-state index is 11.0. The average molecular weight is 179 g/mol. The molecule has 0 bridgehead atoms. The quantitative estimate of drug-likeness (QED) is 0.400. The van der Waals surface area contributed by atoms with Crippen molar-refractivity contribution >= 4 is 17.4 Å². The second-order valence-corrected chi connectivity index (χ2v) is 2.72. The zero-order valence-electron chi connectivity index (χ0n) is 7.07. The minimum atomic E-state index is -1.49. The lowest BCUT2D eigenvalue weighted by molar-refractivity contribution is -0.131. The maximum Gasteiger partial charge on any atom is 0.377 e. The van der Waals surface area contributed by atoms with Gasteiger partial charge in [-0.05, 0) is 19.1 Å². The van der Waals surface area contributed by atoms with Gasteiger partial charge in [-0.25, -0.2) is 4.79 Å². The van der Waals surface area contributed by atoms with Crippen LogP contribution in [-0.2, 0) is 4.79 Å². The molecule has 0 saturated heterocycles. The summed E-state index contributed by atoms with van der Waals surface area (Å²) in [5.74, 6) is -2.46. The Bertz CT molecular complexity index is 371. The van der Waals surface area contributed by atoms with E-state index in [1.54, 1.807) is 13.0 Å². The molecule has 1 rings (SSSR count). The summed E-state index contributed by atoms with van der Waals surface area (Å²) in [4.78, 5) is 21.4. The first-order valence-electron chi connectivity index (χ1n) is 3.66. The second-order valence-electron chi connectivity index (χ2n) is 2.72. The third-order valence-corrected chi connectivity index (χ3v) is 1.65. The van der Waals surface area contributed by atoms with Crippen molar-refractivity contribution in [3.05, 3.63) is 29.3 Å². The van der Waals surface area contributed by atoms with Gasteiger partial charge in [0.25, 0.3) is 5.78 Å². The first-order chi connectivity index (χ1) is 6.02. The molecule has 4 heteroatoms. The minimum absolute atomic E-state index is 0.0486. The fourth-order valence-electron chi connectivity index (χ4n) is 0.982. The van der Waals surface area contributed by atoms with Crippen LogP contribution < -0.4 is 5.73 Å². The Kier molecular flexibility index (Phi) is 2.32. The van der Waals surface area contributed by atoms with Crippen LogP contribution in [0.25, 0.3) is 0 Å². The number of nitrogens with two attached hydrogens (primary N) is 1. The summed E-state index contributed by atoms with van der Waals surface area (Å²) in [5.41, 5.74) is 6.49. The molecule has 0 saturated carbocycles. The third-order valence-electron chi connectivity index (χ3n) is 1.65. The van der Waals surface area contributed by atoms with E-state index in [-0.39, 0.29) is 11.3 Å². The predicted octanol–water partition coefficient (Wildman–Crippen LogP) is 0.845. The number of Topliss-reactive ketones (excluding diaryl/α,β-unsaturated/α-hetero) is 1. The molecule has 4 nitrogen and oxygen atoms in total. The molecule has 0 amide bonds. The van der Waals surface area contributed by atoms with Crippen molar-refractivity contribution in [3.63, 3.8) is 0 Å². The number of carboxylic acids is 1. The molecule has 0 aliphatic rings. The van der Waals surface area contributed by atoms with Gasteiger partial charge in [0.15, 0.2) is 0 Å². The number of carboxylic acid groups (broad SMARTS) is 1. The van der Waals surface area contributed by atoms with Crippen LogP contribution in [0.5, 0.6) is 0 Å². The summed E-state index contributed by atoms with van der Waals surface area (Å²) in [6, 6.07) is 4.70. The van der Waals surface area contributed by atoms with Crippen LogP contribution in [0.4, 0.5) is 5.69 Å². The van der Waals surface area contributed by atoms with Gasteiger partial charge in [0, 0.05) is 5.69 Å². The lowest BCUT2D eigenvalue weighted by atomic mass is 10.1. The molecule has 0 aliphatic carbocycles. The molecule has 0 aromatic heterocycles. The number of hydrogen-bond donors (Lipinski definition) is 2. The van der Waals surface area contributed by atoms with Gasteiger partial charge in [-0.1, -0.05) is 11.6 Å². The Labute approximate surface area is 75.0 Å². The number of anilines is 1. The van der Waals surface area contributed by atoms with Gasteiger partial charge in [-0.2, -0.15) is 0 Å². The van der Waals surface area contributed by atoms with E-state index in [0.29, 0.717) is 0 Å². The minimum Gasteiger partial charge on any atom is -0.475 e. The van der Waals surface area contributed by atoms with E-state index >= 15 is 0 Å². The molecule has 1 aromatic rings. The van der Waals surface area contributed by atoms with E-state index in [1.165, 1.54) is 12.1 Å². The Morgan fingerprint density at radius 3 is 2.54 bits per heavy atom. The van der Waals surface area contributed by atoms with E-state index in [0.717, 1.165) is 5.56 Å². The summed E-state index contributed by atoms with van der Waals surface area (Å²) in [5, 5.41) is 8.45. The molecule has 3 N–H and O–H groups in total. The summed E-state index contributed by atoms with van der Waals surface area (Å²) in [6.45, 7) is 1.76. The molecular weight excluding hydrogens is 170 g/mol. The molecule has 0 heterocycles. The molecule has 0 atom stereocenters. The largest absolute Gasteiger partial charge is 0.475 e. The third kappa shape index (κ3) is 1.84. The summed E-state index contributed by atoms with van der Waals surface area (Å²) >= 11 is 0. The summed E-state index contributed by atoms with van der Waals surface area (Å²) in [6.07, 6.45) is 0. The molecular formula is C9H9NO3. The van der Waals surface area contributed by atoms with E-state index in [4.69, 9.17) is 10.8 Å². The molecule has 0 fully saturated rings. The van der Waals surface area contributed by atoms with Crippen molar-refractivity contribution in [3.8, 4) is 0 Å². The number of aryl methyl sites for hydroxylation is 1. The molecule has 0 spiro atoms. The Hall–Kier alpha value is -1.84. The predicted molar refractivity (Wildman–Crippen MR) is 47.6 cm³/mol. The molecule has 0 unspecified atom stereocenters. The highest BCUT2D eigenvalue weighted by molar-refractivity contribution is 6.41. The van der Waals surface area contributed by atoms with Gasteiger partial charge in [0.1, 0.15) is 0 Å². The van der Waals surface area contributed by atoms with E-state index < -0.39 is 11.8 Å². The standard InChI is InChI=1S/C9H9NO3/c1-5-2-3-7(10)6(4-5)8(11)9(12)13/h2-4H,10H2,1H3,(H,12,13). The number of rotatable bonds is 2. The van der Waals surface area contributed by atoms with Crippen molar-refractivity contribution in [2.45, 2.75) is 6.92 Å². The van der Waals surface area contributed by atoms with Crippen molar-refractivity contribution < 1.29 is 14.7 Å². The smallest absolute Gasteiger partial charge is 0.377 e. The number of carbonyl (C=O) groups excluding carboxylic acids is 1. The van der Waals surface area contributed by atoms with Crippen LogP contribution in [0, 0.1) is 6.92 Å². The monoisotopic (exact) mass is 179 g/mol. The topological polar surface area (TPSA) is 80.4 Å². The molecule has 1 aromatic carbocycles. The number of nitrogen functional groups attached to an aromatic ring is 1. The molecule has 13 heavy (non-hydrogen) atoms. The van der Waals surface area contributed by atoms with Gasteiger partial charge in [0.2, 0.25) is 0 Å². The first kappa shape index (κ1) is 9.25. The fourth-order valence-corrected chi connectivity index (χ4v) is 0.982. The Balaban J connectivity index is 3.21. The zero-order chi connectivity index (χ0) is 10.0. The van der Waals surface area contributed by atoms with E-state index in [2.05, 4.69) is 0 Å². The fraction of sp³-hybridized carbons (Fsp3) is 0.111. The number of ketones is 1. The van der Waals surface area contributed by atoms with Gasteiger partial charge >= 0.3 is 5.97 Å². The second kappa shape index (κ2) is 3.26. The van der Waals surface area contributed by atoms with Crippen LogP contribution in [0.15, 0.2) is 18.2 Å². The normalized spacial score (nSPS) is 9.62. The SMILES string of the molecule is Cc1ccc(N)c(C(=O)C(=O)O)c1. The Morgan fingerprint density at radius 1 is 1.38 bits per heavy atom. The van der Waals surface area contributed by atoms with Gasteiger partial charge in [-0.15, -0.1) is 0 Å². The molecule has 0 radical (unpaired) electrons. The van der Waals surface area contributed by atoms with Crippen molar-refractivity contribution in [2.24, 2.45) is 0 Å². The summed E-state index contributed by atoms with van der Waals surface area (Å²) < 4.78 is 0. The first-order valence-corrected chi connectivity index (χ1v) is 3.66. The highest BCUT2D eigenvalue weighted by Gasteiger charge is 2.16. The number of benzene rings is 1.